The minimum absolute atomic E-state index is 0.112. The molecule has 0 bridgehead atoms. The number of amides is 3. The summed E-state index contributed by atoms with van der Waals surface area (Å²) in [4.78, 5) is 37.2. The smallest absolute Gasteiger partial charge is 0.323 e. The van der Waals surface area contributed by atoms with Crippen molar-refractivity contribution in [2.75, 3.05) is 26.2 Å². The van der Waals surface area contributed by atoms with Crippen LogP contribution in [-0.4, -0.2) is 64.5 Å². The molecule has 7 nitrogen and oxygen atoms in total. The van der Waals surface area contributed by atoms with Crippen molar-refractivity contribution in [2.24, 2.45) is 0 Å². The van der Waals surface area contributed by atoms with Gasteiger partial charge in [0.25, 0.3) is 0 Å². The molecule has 0 aromatic heterocycles. The van der Waals surface area contributed by atoms with Crippen molar-refractivity contribution in [3.63, 3.8) is 0 Å². The van der Waals surface area contributed by atoms with E-state index in [2.05, 4.69) is 11.2 Å². The van der Waals surface area contributed by atoms with Gasteiger partial charge in [-0.05, 0) is 13.8 Å². The number of hydrogen-bond acceptors (Lipinski definition) is 3. The molecule has 0 spiro atoms. The van der Waals surface area contributed by atoms with Gasteiger partial charge in [-0.15, -0.1) is 6.42 Å². The Hall–Kier alpha value is -2.23. The van der Waals surface area contributed by atoms with Crippen LogP contribution >= 0.6 is 0 Å². The predicted octanol–water partition coefficient (Wildman–Crippen LogP) is -0.663. The molecule has 1 heterocycles. The lowest BCUT2D eigenvalue weighted by molar-refractivity contribution is -0.137. The summed E-state index contributed by atoms with van der Waals surface area (Å²) in [5.41, 5.74) is -1.03. The molecule has 7 heteroatoms. The Kier molecular flexibility index (Phi) is 4.38. The zero-order valence-corrected chi connectivity index (χ0v) is 11.0. The van der Waals surface area contributed by atoms with Gasteiger partial charge in [-0.3, -0.25) is 9.59 Å². The van der Waals surface area contributed by atoms with E-state index in [4.69, 9.17) is 11.5 Å². The van der Waals surface area contributed by atoms with Crippen LogP contribution < -0.4 is 5.32 Å². The minimum atomic E-state index is -1.15. The standard InChI is InChI=1S/C12H17N3O4/c1-4-6-14(8-9(16)17)11(19)15-7-5-13-10(18)12(15,2)3/h1H,5-8H2,2-3H3,(H,13,18)(H,16,17). The van der Waals surface area contributed by atoms with E-state index in [1.54, 1.807) is 13.8 Å². The maximum Gasteiger partial charge on any atom is 0.323 e. The van der Waals surface area contributed by atoms with Crippen LogP contribution in [0.2, 0.25) is 0 Å². The SMILES string of the molecule is C#CCN(CC(=O)O)C(=O)N1CCNC(=O)C1(C)C. The van der Waals surface area contributed by atoms with Gasteiger partial charge in [-0.25, -0.2) is 4.79 Å². The van der Waals surface area contributed by atoms with Crippen LogP contribution in [0.5, 0.6) is 0 Å². The van der Waals surface area contributed by atoms with Crippen LogP contribution in [-0.2, 0) is 9.59 Å². The maximum absolute atomic E-state index is 12.3. The topological polar surface area (TPSA) is 90.0 Å². The number of urea groups is 1. The Morgan fingerprint density at radius 1 is 1.58 bits per heavy atom. The van der Waals surface area contributed by atoms with Crippen LogP contribution in [0.4, 0.5) is 4.79 Å². The maximum atomic E-state index is 12.3. The fourth-order valence-electron chi connectivity index (χ4n) is 1.87. The molecule has 1 aliphatic rings. The van der Waals surface area contributed by atoms with Gasteiger partial charge in [0.2, 0.25) is 5.91 Å². The molecule has 3 amide bonds. The quantitative estimate of drug-likeness (QED) is 0.664. The van der Waals surface area contributed by atoms with E-state index in [0.29, 0.717) is 13.1 Å². The number of nitrogens with one attached hydrogen (secondary N) is 1. The molecular weight excluding hydrogens is 250 g/mol. The van der Waals surface area contributed by atoms with Gasteiger partial charge < -0.3 is 20.2 Å². The van der Waals surface area contributed by atoms with Gasteiger partial charge >= 0.3 is 12.0 Å². The highest BCUT2D eigenvalue weighted by Gasteiger charge is 2.42. The molecule has 0 radical (unpaired) electrons. The van der Waals surface area contributed by atoms with Gasteiger partial charge in [0, 0.05) is 13.1 Å². The minimum Gasteiger partial charge on any atom is -0.480 e. The van der Waals surface area contributed by atoms with Crippen LogP contribution in [0.15, 0.2) is 0 Å². The summed E-state index contributed by atoms with van der Waals surface area (Å²) in [6.07, 6.45) is 5.13. The number of carboxylic acid groups (broad SMARTS) is 1. The highest BCUT2D eigenvalue weighted by molar-refractivity contribution is 5.92. The lowest BCUT2D eigenvalue weighted by Crippen LogP contribution is -2.65. The molecule has 0 atom stereocenters. The first kappa shape index (κ1) is 14.8. The average Bonchev–Trinajstić information content (AvgIpc) is 2.31. The van der Waals surface area contributed by atoms with Crippen molar-refractivity contribution < 1.29 is 19.5 Å². The van der Waals surface area contributed by atoms with E-state index < -0.39 is 24.1 Å². The van der Waals surface area contributed by atoms with Gasteiger partial charge in [0.15, 0.2) is 0 Å². The molecule has 0 aliphatic carbocycles. The second-order valence-corrected chi connectivity index (χ2v) is 4.70. The Balaban J connectivity index is 2.92. The van der Waals surface area contributed by atoms with E-state index >= 15 is 0 Å². The van der Waals surface area contributed by atoms with Gasteiger partial charge in [0.1, 0.15) is 12.1 Å². The van der Waals surface area contributed by atoms with Crippen molar-refractivity contribution >= 4 is 17.9 Å². The number of carbonyl (C=O) groups is 3. The van der Waals surface area contributed by atoms with E-state index in [9.17, 15) is 14.4 Å². The number of nitrogens with zero attached hydrogens (tertiary/aromatic N) is 2. The van der Waals surface area contributed by atoms with Crippen LogP contribution in [0.1, 0.15) is 13.8 Å². The third-order valence-corrected chi connectivity index (χ3v) is 2.96. The Morgan fingerprint density at radius 3 is 2.74 bits per heavy atom. The largest absolute Gasteiger partial charge is 0.480 e. The monoisotopic (exact) mass is 267 g/mol. The fourth-order valence-corrected chi connectivity index (χ4v) is 1.87. The zero-order valence-electron chi connectivity index (χ0n) is 11.0. The average molecular weight is 267 g/mol. The summed E-state index contributed by atoms with van der Waals surface area (Å²) in [6.45, 7) is 3.27. The molecule has 104 valence electrons. The first-order valence-electron chi connectivity index (χ1n) is 5.80. The van der Waals surface area contributed by atoms with Crippen molar-refractivity contribution in [1.82, 2.24) is 15.1 Å². The molecule has 0 aromatic carbocycles. The van der Waals surface area contributed by atoms with Crippen molar-refractivity contribution in [1.29, 1.82) is 0 Å². The summed E-state index contributed by atoms with van der Waals surface area (Å²) < 4.78 is 0. The van der Waals surface area contributed by atoms with E-state index in [-0.39, 0.29) is 12.5 Å². The van der Waals surface area contributed by atoms with Gasteiger partial charge in [-0.1, -0.05) is 5.92 Å². The molecule has 0 aromatic rings. The number of carboxylic acids is 1. The van der Waals surface area contributed by atoms with Gasteiger partial charge in [-0.2, -0.15) is 0 Å². The summed E-state index contributed by atoms with van der Waals surface area (Å²) in [7, 11) is 0. The third-order valence-electron chi connectivity index (χ3n) is 2.96. The summed E-state index contributed by atoms with van der Waals surface area (Å²) in [5.74, 6) is 0.821. The summed E-state index contributed by atoms with van der Waals surface area (Å²) in [5, 5.41) is 11.4. The normalized spacial score (nSPS) is 17.3. The Labute approximate surface area is 111 Å². The number of rotatable bonds is 3. The fraction of sp³-hybridized carbons (Fsp3) is 0.583. The second-order valence-electron chi connectivity index (χ2n) is 4.70. The second kappa shape index (κ2) is 5.61. The molecule has 0 unspecified atom stereocenters. The molecule has 1 saturated heterocycles. The highest BCUT2D eigenvalue weighted by atomic mass is 16.4. The molecule has 2 N–H and O–H groups in total. The van der Waals surface area contributed by atoms with Crippen molar-refractivity contribution in [3.05, 3.63) is 0 Å². The number of carbonyl (C=O) groups excluding carboxylic acids is 2. The van der Waals surface area contributed by atoms with Crippen LogP contribution in [0.25, 0.3) is 0 Å². The third kappa shape index (κ3) is 3.16. The Morgan fingerprint density at radius 2 is 2.21 bits per heavy atom. The first-order chi connectivity index (χ1) is 8.80. The van der Waals surface area contributed by atoms with E-state index in [1.165, 1.54) is 4.90 Å². The predicted molar refractivity (Wildman–Crippen MR) is 67.2 cm³/mol. The highest BCUT2D eigenvalue weighted by Crippen LogP contribution is 2.19. The van der Waals surface area contributed by atoms with Crippen LogP contribution in [0, 0.1) is 12.3 Å². The number of piperazine rings is 1. The van der Waals surface area contributed by atoms with Crippen LogP contribution in [0.3, 0.4) is 0 Å². The number of terminal acetylenes is 1. The lowest BCUT2D eigenvalue weighted by Gasteiger charge is -2.42. The molecule has 1 fully saturated rings. The lowest BCUT2D eigenvalue weighted by atomic mass is 9.99. The molecule has 0 saturated carbocycles. The van der Waals surface area contributed by atoms with E-state index in [1.807, 2.05) is 0 Å². The van der Waals surface area contributed by atoms with Gasteiger partial charge in [0.05, 0.1) is 6.54 Å². The number of hydrogen-bond donors (Lipinski definition) is 2. The zero-order chi connectivity index (χ0) is 14.6. The molecule has 1 aliphatic heterocycles. The molecule has 19 heavy (non-hydrogen) atoms. The van der Waals surface area contributed by atoms with Crippen molar-refractivity contribution in [2.45, 2.75) is 19.4 Å². The number of aliphatic carboxylic acids is 1. The Bertz CT molecular complexity index is 439. The summed E-state index contributed by atoms with van der Waals surface area (Å²) in [6, 6.07) is -0.541. The molecule has 1 rings (SSSR count). The molecular formula is C12H17N3O4. The van der Waals surface area contributed by atoms with Crippen molar-refractivity contribution in [3.8, 4) is 12.3 Å². The first-order valence-corrected chi connectivity index (χ1v) is 5.80. The summed E-state index contributed by atoms with van der Waals surface area (Å²) >= 11 is 0. The van der Waals surface area contributed by atoms with E-state index in [0.717, 1.165) is 4.90 Å².